The standard InChI is InChI=1S/C15H23FN4O/c1-19(2)8-7-18-15(21)13-4-3-12(11-14(13)16)20-9-5-17-6-10-20/h3-4,11,17H,5-10H2,1-2H3,(H,18,21). The highest BCUT2D eigenvalue weighted by atomic mass is 19.1. The summed E-state index contributed by atoms with van der Waals surface area (Å²) in [5, 5.41) is 5.98. The first-order valence-electron chi connectivity index (χ1n) is 7.26. The van der Waals surface area contributed by atoms with E-state index in [1.54, 1.807) is 6.07 Å². The lowest BCUT2D eigenvalue weighted by atomic mass is 10.1. The van der Waals surface area contributed by atoms with Crippen LogP contribution in [-0.4, -0.2) is 64.2 Å². The van der Waals surface area contributed by atoms with E-state index >= 15 is 0 Å². The number of hydrogen-bond acceptors (Lipinski definition) is 4. The first-order chi connectivity index (χ1) is 10.1. The van der Waals surface area contributed by atoms with Crippen molar-refractivity contribution in [3.63, 3.8) is 0 Å². The largest absolute Gasteiger partial charge is 0.369 e. The van der Waals surface area contributed by atoms with Gasteiger partial charge in [0, 0.05) is 45.0 Å². The molecule has 21 heavy (non-hydrogen) atoms. The van der Waals surface area contributed by atoms with E-state index in [2.05, 4.69) is 15.5 Å². The number of rotatable bonds is 5. The zero-order valence-corrected chi connectivity index (χ0v) is 12.7. The van der Waals surface area contributed by atoms with Crippen molar-refractivity contribution >= 4 is 11.6 Å². The summed E-state index contributed by atoms with van der Waals surface area (Å²) in [6, 6.07) is 4.83. The van der Waals surface area contributed by atoms with Crippen LogP contribution in [0.1, 0.15) is 10.4 Å². The van der Waals surface area contributed by atoms with Gasteiger partial charge in [0.05, 0.1) is 5.56 Å². The summed E-state index contributed by atoms with van der Waals surface area (Å²) in [6.45, 7) is 4.74. The van der Waals surface area contributed by atoms with Gasteiger partial charge in [0.1, 0.15) is 5.82 Å². The highest BCUT2D eigenvalue weighted by Crippen LogP contribution is 2.19. The first-order valence-corrected chi connectivity index (χ1v) is 7.26. The molecule has 1 fully saturated rings. The third-order valence-electron chi connectivity index (χ3n) is 3.52. The van der Waals surface area contributed by atoms with E-state index in [9.17, 15) is 9.18 Å². The number of hydrogen-bond donors (Lipinski definition) is 2. The van der Waals surface area contributed by atoms with Crippen molar-refractivity contribution in [1.82, 2.24) is 15.5 Å². The maximum Gasteiger partial charge on any atom is 0.254 e. The molecule has 1 saturated heterocycles. The molecule has 0 atom stereocenters. The number of anilines is 1. The minimum atomic E-state index is -0.464. The monoisotopic (exact) mass is 294 g/mol. The normalized spacial score (nSPS) is 15.3. The van der Waals surface area contributed by atoms with Crippen molar-refractivity contribution in [2.24, 2.45) is 0 Å². The van der Waals surface area contributed by atoms with E-state index in [1.165, 1.54) is 6.07 Å². The molecule has 1 aliphatic heterocycles. The molecule has 1 heterocycles. The predicted octanol–water partition coefficient (Wildman–Crippen LogP) is 0.527. The predicted molar refractivity (Wildman–Crippen MR) is 82.4 cm³/mol. The minimum absolute atomic E-state index is 0.104. The Morgan fingerprint density at radius 3 is 2.71 bits per heavy atom. The second-order valence-electron chi connectivity index (χ2n) is 5.46. The van der Waals surface area contributed by atoms with Crippen LogP contribution in [0.3, 0.4) is 0 Å². The summed E-state index contributed by atoms with van der Waals surface area (Å²) in [5.41, 5.74) is 0.937. The highest BCUT2D eigenvalue weighted by Gasteiger charge is 2.15. The summed E-state index contributed by atoms with van der Waals surface area (Å²) in [7, 11) is 3.85. The van der Waals surface area contributed by atoms with E-state index in [0.29, 0.717) is 6.54 Å². The number of nitrogens with one attached hydrogen (secondary N) is 2. The van der Waals surface area contributed by atoms with Crippen molar-refractivity contribution in [3.05, 3.63) is 29.6 Å². The van der Waals surface area contributed by atoms with Crippen molar-refractivity contribution in [2.75, 3.05) is 58.3 Å². The van der Waals surface area contributed by atoms with Crippen molar-refractivity contribution in [3.8, 4) is 0 Å². The molecule has 0 spiro atoms. The molecule has 5 nitrogen and oxygen atoms in total. The fraction of sp³-hybridized carbons (Fsp3) is 0.533. The Hall–Kier alpha value is -1.66. The van der Waals surface area contributed by atoms with E-state index in [1.807, 2.05) is 25.1 Å². The number of benzene rings is 1. The van der Waals surface area contributed by atoms with Gasteiger partial charge < -0.3 is 20.4 Å². The van der Waals surface area contributed by atoms with Gasteiger partial charge in [0.25, 0.3) is 5.91 Å². The van der Waals surface area contributed by atoms with E-state index in [4.69, 9.17) is 0 Å². The molecule has 1 aliphatic rings. The molecule has 0 aliphatic carbocycles. The Balaban J connectivity index is 1.99. The molecular formula is C15H23FN4O. The molecule has 0 aromatic heterocycles. The third kappa shape index (κ3) is 4.41. The smallest absolute Gasteiger partial charge is 0.254 e. The summed E-state index contributed by atoms with van der Waals surface area (Å²) in [4.78, 5) is 16.0. The average molecular weight is 294 g/mol. The van der Waals surface area contributed by atoms with E-state index < -0.39 is 5.82 Å². The number of nitrogens with zero attached hydrogens (tertiary/aromatic N) is 2. The Labute approximate surface area is 125 Å². The molecule has 0 radical (unpaired) electrons. The molecule has 1 aromatic rings. The summed E-state index contributed by atoms with van der Waals surface area (Å²) in [6.07, 6.45) is 0. The van der Waals surface area contributed by atoms with Crippen molar-refractivity contribution < 1.29 is 9.18 Å². The van der Waals surface area contributed by atoms with Crippen LogP contribution in [0, 0.1) is 5.82 Å². The second kappa shape index (κ2) is 7.38. The minimum Gasteiger partial charge on any atom is -0.369 e. The van der Waals surface area contributed by atoms with Crippen LogP contribution in [-0.2, 0) is 0 Å². The van der Waals surface area contributed by atoms with Crippen LogP contribution >= 0.6 is 0 Å². The first kappa shape index (κ1) is 15.7. The maximum atomic E-state index is 14.1. The Bertz CT molecular complexity index is 487. The van der Waals surface area contributed by atoms with Gasteiger partial charge in [-0.25, -0.2) is 4.39 Å². The third-order valence-corrected chi connectivity index (χ3v) is 3.52. The van der Waals surface area contributed by atoms with Gasteiger partial charge in [-0.2, -0.15) is 0 Å². The lowest BCUT2D eigenvalue weighted by Crippen LogP contribution is -2.43. The van der Waals surface area contributed by atoms with Gasteiger partial charge in [-0.3, -0.25) is 4.79 Å². The zero-order valence-electron chi connectivity index (χ0n) is 12.7. The molecule has 0 unspecified atom stereocenters. The molecule has 1 aromatic carbocycles. The highest BCUT2D eigenvalue weighted by molar-refractivity contribution is 5.94. The molecular weight excluding hydrogens is 271 g/mol. The van der Waals surface area contributed by atoms with Crippen LogP contribution in [0.15, 0.2) is 18.2 Å². The SMILES string of the molecule is CN(C)CCNC(=O)c1ccc(N2CCNCC2)cc1F. The maximum absolute atomic E-state index is 14.1. The molecule has 2 rings (SSSR count). The molecule has 0 saturated carbocycles. The number of carbonyl (C=O) groups excluding carboxylic acids is 1. The summed E-state index contributed by atoms with van der Waals surface area (Å²) < 4.78 is 14.1. The fourth-order valence-electron chi connectivity index (χ4n) is 2.30. The number of carbonyl (C=O) groups is 1. The van der Waals surface area contributed by atoms with Crippen LogP contribution in [0.2, 0.25) is 0 Å². The molecule has 116 valence electrons. The van der Waals surface area contributed by atoms with Gasteiger partial charge in [-0.05, 0) is 32.3 Å². The number of halogens is 1. The van der Waals surface area contributed by atoms with Gasteiger partial charge in [-0.15, -0.1) is 0 Å². The molecule has 0 bridgehead atoms. The summed E-state index contributed by atoms with van der Waals surface area (Å²) >= 11 is 0. The Morgan fingerprint density at radius 1 is 1.38 bits per heavy atom. The zero-order chi connectivity index (χ0) is 15.2. The Morgan fingerprint density at radius 2 is 2.10 bits per heavy atom. The van der Waals surface area contributed by atoms with E-state index in [-0.39, 0.29) is 11.5 Å². The van der Waals surface area contributed by atoms with Crippen molar-refractivity contribution in [1.29, 1.82) is 0 Å². The van der Waals surface area contributed by atoms with Gasteiger partial charge in [0.15, 0.2) is 0 Å². The molecule has 1 amide bonds. The van der Waals surface area contributed by atoms with Crippen LogP contribution in [0.4, 0.5) is 10.1 Å². The van der Waals surface area contributed by atoms with Gasteiger partial charge >= 0.3 is 0 Å². The van der Waals surface area contributed by atoms with Crippen LogP contribution in [0.5, 0.6) is 0 Å². The average Bonchev–Trinajstić information content (AvgIpc) is 2.47. The number of piperazine rings is 1. The van der Waals surface area contributed by atoms with Crippen molar-refractivity contribution in [2.45, 2.75) is 0 Å². The number of amides is 1. The molecule has 2 N–H and O–H groups in total. The van der Waals surface area contributed by atoms with Crippen LogP contribution < -0.4 is 15.5 Å². The van der Waals surface area contributed by atoms with Crippen LogP contribution in [0.25, 0.3) is 0 Å². The second-order valence-corrected chi connectivity index (χ2v) is 5.46. The van der Waals surface area contributed by atoms with Gasteiger partial charge in [-0.1, -0.05) is 0 Å². The summed E-state index contributed by atoms with van der Waals surface area (Å²) in [5.74, 6) is -0.824. The topological polar surface area (TPSA) is 47.6 Å². The van der Waals surface area contributed by atoms with Gasteiger partial charge in [0.2, 0.25) is 0 Å². The lowest BCUT2D eigenvalue weighted by molar-refractivity contribution is 0.0947. The molecule has 6 heteroatoms. The Kier molecular flexibility index (Phi) is 5.52. The fourth-order valence-corrected chi connectivity index (χ4v) is 2.30. The van der Waals surface area contributed by atoms with E-state index in [0.717, 1.165) is 38.4 Å². The number of likely N-dealkylation sites (N-methyl/N-ethyl adjacent to an activating group) is 1. The quantitative estimate of drug-likeness (QED) is 0.831. The lowest BCUT2D eigenvalue weighted by Gasteiger charge is -2.29.